The van der Waals surface area contributed by atoms with Crippen molar-refractivity contribution in [1.82, 2.24) is 4.98 Å². The number of aromatic nitrogens is 1. The van der Waals surface area contributed by atoms with Crippen LogP contribution in [0.3, 0.4) is 0 Å². The van der Waals surface area contributed by atoms with E-state index in [1.165, 1.54) is 15.4 Å². The number of ether oxygens (including phenoxy) is 1. The van der Waals surface area contributed by atoms with Gasteiger partial charge in [-0.2, -0.15) is 0 Å². The van der Waals surface area contributed by atoms with Crippen molar-refractivity contribution in [2.24, 2.45) is 4.99 Å². The predicted molar refractivity (Wildman–Crippen MR) is 94.1 cm³/mol. The number of pyridine rings is 1. The minimum Gasteiger partial charge on any atom is -0.481 e. The minimum absolute atomic E-state index is 0.636. The van der Waals surface area contributed by atoms with Crippen LogP contribution in [0.1, 0.15) is 39.7 Å². The summed E-state index contributed by atoms with van der Waals surface area (Å²) in [7, 11) is 3.46. The van der Waals surface area contributed by atoms with Gasteiger partial charge in [-0.05, 0) is 25.5 Å². The maximum atomic E-state index is 5.08. The first-order valence-corrected chi connectivity index (χ1v) is 8.08. The molecule has 0 spiro atoms. The Kier molecular flexibility index (Phi) is 7.23. The van der Waals surface area contributed by atoms with Crippen LogP contribution in [0.25, 0.3) is 4.91 Å². The molecule has 4 heteroatoms. The summed E-state index contributed by atoms with van der Waals surface area (Å²) < 4.78 is 5.08. The molecule has 0 amide bonds. The lowest BCUT2D eigenvalue weighted by Gasteiger charge is -2.05. The molecule has 21 heavy (non-hydrogen) atoms. The van der Waals surface area contributed by atoms with Crippen molar-refractivity contribution >= 4 is 22.4 Å². The molecule has 1 aromatic rings. The number of thioether (sulfide) groups is 1. The molecular weight excluding hydrogens is 280 g/mol. The Morgan fingerprint density at radius 1 is 1.33 bits per heavy atom. The first kappa shape index (κ1) is 17.5. The average molecular weight is 304 g/mol. The van der Waals surface area contributed by atoms with Crippen LogP contribution in [-0.4, -0.2) is 24.9 Å². The van der Waals surface area contributed by atoms with Crippen molar-refractivity contribution in [3.8, 4) is 5.88 Å². The predicted octanol–water partition coefficient (Wildman–Crippen LogP) is 4.96. The third-order valence-electron chi connectivity index (χ3n) is 3.10. The largest absolute Gasteiger partial charge is 0.481 e. The summed E-state index contributed by atoms with van der Waals surface area (Å²) in [6.07, 6.45) is 5.02. The molecule has 0 bridgehead atoms. The van der Waals surface area contributed by atoms with E-state index in [2.05, 4.69) is 29.9 Å². The SMILES string of the molecule is CC.CC/C(C)=C1/SC(c2ccc(OC)nc2)=CC1=NC. The second kappa shape index (κ2) is 8.67. The lowest BCUT2D eigenvalue weighted by molar-refractivity contribution is 0.398. The molecule has 0 saturated carbocycles. The molecule has 0 fully saturated rings. The highest BCUT2D eigenvalue weighted by atomic mass is 32.2. The molecule has 0 N–H and O–H groups in total. The van der Waals surface area contributed by atoms with E-state index in [0.717, 1.165) is 17.7 Å². The smallest absolute Gasteiger partial charge is 0.212 e. The molecule has 0 unspecified atom stereocenters. The van der Waals surface area contributed by atoms with Gasteiger partial charge in [-0.1, -0.05) is 38.1 Å². The second-order valence-electron chi connectivity index (χ2n) is 4.27. The second-order valence-corrected chi connectivity index (χ2v) is 5.32. The highest BCUT2D eigenvalue weighted by molar-refractivity contribution is 8.13. The highest BCUT2D eigenvalue weighted by Gasteiger charge is 2.20. The fraction of sp³-hybridized carbons (Fsp3) is 0.412. The quantitative estimate of drug-likeness (QED) is 0.791. The van der Waals surface area contributed by atoms with E-state index < -0.39 is 0 Å². The van der Waals surface area contributed by atoms with E-state index in [9.17, 15) is 0 Å². The Morgan fingerprint density at radius 2 is 2.05 bits per heavy atom. The Hall–Kier alpha value is -1.55. The molecular formula is C17H24N2OS. The molecule has 1 aliphatic rings. The number of hydrogen-bond acceptors (Lipinski definition) is 4. The van der Waals surface area contributed by atoms with Crippen molar-refractivity contribution in [3.05, 3.63) is 40.4 Å². The van der Waals surface area contributed by atoms with Crippen molar-refractivity contribution in [2.75, 3.05) is 14.2 Å². The molecule has 0 radical (unpaired) electrons. The normalized spacial score (nSPS) is 18.0. The summed E-state index contributed by atoms with van der Waals surface area (Å²) in [5.74, 6) is 0.636. The number of rotatable bonds is 3. The van der Waals surface area contributed by atoms with Crippen LogP contribution < -0.4 is 4.74 Å². The fourth-order valence-corrected chi connectivity index (χ4v) is 3.01. The summed E-state index contributed by atoms with van der Waals surface area (Å²) in [6.45, 7) is 8.33. The highest BCUT2D eigenvalue weighted by Crippen LogP contribution is 2.42. The maximum Gasteiger partial charge on any atom is 0.212 e. The van der Waals surface area contributed by atoms with E-state index >= 15 is 0 Å². The van der Waals surface area contributed by atoms with Gasteiger partial charge in [-0.25, -0.2) is 4.98 Å². The number of aliphatic imine (C=N–C) groups is 1. The topological polar surface area (TPSA) is 34.5 Å². The van der Waals surface area contributed by atoms with Gasteiger partial charge in [0.15, 0.2) is 0 Å². The maximum absolute atomic E-state index is 5.08. The lowest BCUT2D eigenvalue weighted by Crippen LogP contribution is -1.93. The molecule has 114 valence electrons. The Labute approximate surface area is 132 Å². The fourth-order valence-electron chi connectivity index (χ4n) is 1.80. The van der Waals surface area contributed by atoms with Gasteiger partial charge in [0, 0.05) is 34.7 Å². The first-order valence-electron chi connectivity index (χ1n) is 7.26. The van der Waals surface area contributed by atoms with Crippen LogP contribution in [0.15, 0.2) is 39.9 Å². The zero-order chi connectivity index (χ0) is 15.8. The molecule has 0 aliphatic carbocycles. The van der Waals surface area contributed by atoms with Gasteiger partial charge in [-0.15, -0.1) is 0 Å². The van der Waals surface area contributed by atoms with E-state index in [4.69, 9.17) is 4.74 Å². The monoisotopic (exact) mass is 304 g/mol. The molecule has 0 saturated heterocycles. The Morgan fingerprint density at radius 3 is 2.52 bits per heavy atom. The molecule has 3 nitrogen and oxygen atoms in total. The van der Waals surface area contributed by atoms with Crippen LogP contribution in [0, 0.1) is 0 Å². The Balaban J connectivity index is 0.00000106. The van der Waals surface area contributed by atoms with E-state index in [0.29, 0.717) is 5.88 Å². The van der Waals surface area contributed by atoms with Gasteiger partial charge < -0.3 is 4.74 Å². The molecule has 2 heterocycles. The third-order valence-corrected chi connectivity index (χ3v) is 4.44. The van der Waals surface area contributed by atoms with Gasteiger partial charge in [0.1, 0.15) is 0 Å². The first-order chi connectivity index (χ1) is 10.2. The van der Waals surface area contributed by atoms with E-state index in [-0.39, 0.29) is 0 Å². The molecule has 0 atom stereocenters. The van der Waals surface area contributed by atoms with Crippen molar-refractivity contribution in [3.63, 3.8) is 0 Å². The molecule has 1 aliphatic heterocycles. The van der Waals surface area contributed by atoms with Gasteiger partial charge in [0.25, 0.3) is 0 Å². The summed E-state index contributed by atoms with van der Waals surface area (Å²) >= 11 is 1.77. The zero-order valence-corrected chi connectivity index (χ0v) is 14.5. The lowest BCUT2D eigenvalue weighted by atomic mass is 10.1. The molecule has 1 aromatic heterocycles. The van der Waals surface area contributed by atoms with Crippen LogP contribution in [-0.2, 0) is 0 Å². The van der Waals surface area contributed by atoms with Crippen molar-refractivity contribution in [2.45, 2.75) is 34.1 Å². The summed E-state index contributed by atoms with van der Waals surface area (Å²) in [6, 6.07) is 3.91. The van der Waals surface area contributed by atoms with Crippen LogP contribution in [0.4, 0.5) is 0 Å². The van der Waals surface area contributed by atoms with Gasteiger partial charge >= 0.3 is 0 Å². The van der Waals surface area contributed by atoms with Crippen LogP contribution in [0.5, 0.6) is 5.88 Å². The number of methoxy groups -OCH3 is 1. The van der Waals surface area contributed by atoms with Gasteiger partial charge in [0.2, 0.25) is 5.88 Å². The minimum atomic E-state index is 0.636. The van der Waals surface area contributed by atoms with Crippen LogP contribution in [0.2, 0.25) is 0 Å². The zero-order valence-electron chi connectivity index (χ0n) is 13.7. The van der Waals surface area contributed by atoms with Crippen molar-refractivity contribution in [1.29, 1.82) is 0 Å². The summed E-state index contributed by atoms with van der Waals surface area (Å²) in [4.78, 5) is 11.1. The standard InChI is InChI=1S/C15H18N2OS.C2H6/c1-5-10(2)15-12(16-3)8-13(19-15)11-6-7-14(18-4)17-9-11;1-2/h6-9H,5H2,1-4H3;1-2H3/b15-10+,16-12?;. The van der Waals surface area contributed by atoms with Gasteiger partial charge in [0.05, 0.1) is 12.8 Å². The third kappa shape index (κ3) is 4.21. The molecule has 0 aromatic carbocycles. The average Bonchev–Trinajstić information content (AvgIpc) is 3.00. The number of allylic oxidation sites excluding steroid dienone is 3. The molecule has 2 rings (SSSR count). The Bertz CT molecular complexity index is 557. The van der Waals surface area contributed by atoms with E-state index in [1.807, 2.05) is 39.2 Å². The van der Waals surface area contributed by atoms with Crippen molar-refractivity contribution < 1.29 is 4.74 Å². The number of nitrogens with zero attached hydrogens (tertiary/aromatic N) is 2. The number of hydrogen-bond donors (Lipinski definition) is 0. The van der Waals surface area contributed by atoms with Gasteiger partial charge in [-0.3, -0.25) is 4.99 Å². The summed E-state index contributed by atoms with van der Waals surface area (Å²) in [5.41, 5.74) is 3.54. The van der Waals surface area contributed by atoms with Crippen LogP contribution >= 0.6 is 11.8 Å². The van der Waals surface area contributed by atoms with E-state index in [1.54, 1.807) is 18.9 Å². The summed E-state index contributed by atoms with van der Waals surface area (Å²) in [5, 5.41) is 0.